The first-order valence-corrected chi connectivity index (χ1v) is 7.91. The van der Waals surface area contributed by atoms with Crippen LogP contribution in [0.4, 0.5) is 20.4 Å². The van der Waals surface area contributed by atoms with Crippen molar-refractivity contribution in [2.24, 2.45) is 0 Å². The molecule has 7 heteroatoms. The summed E-state index contributed by atoms with van der Waals surface area (Å²) < 4.78 is 26.0. The molecule has 23 heavy (non-hydrogen) atoms. The van der Waals surface area contributed by atoms with Crippen molar-refractivity contribution >= 4 is 23.4 Å². The second kappa shape index (κ2) is 6.78. The molecule has 118 valence electrons. The first-order chi connectivity index (χ1) is 11.1. The minimum atomic E-state index is -0.847. The summed E-state index contributed by atoms with van der Waals surface area (Å²) in [4.78, 5) is 4.30. The molecule has 2 aromatic carbocycles. The molecule has 0 bridgehead atoms. The Kier molecular flexibility index (Phi) is 4.57. The van der Waals surface area contributed by atoms with Crippen LogP contribution in [0.3, 0.4) is 0 Å². The fraction of sp³-hybridized carbons (Fsp3) is 0.125. The standard InChI is InChI=1S/C16H14F2N4S/c1-10-2-5-12(6-3-10)19-15-20-16(22-21-15)23-9-11-4-7-13(17)14(18)8-11/h2-8H,9H2,1H3,(H2,19,20,21,22). The lowest BCUT2D eigenvalue weighted by molar-refractivity contribution is 0.507. The number of aromatic nitrogens is 3. The molecule has 0 radical (unpaired) electrons. The SMILES string of the molecule is Cc1ccc(Nc2nc(SCc3ccc(F)c(F)c3)n[nH]2)cc1. The van der Waals surface area contributed by atoms with E-state index in [-0.39, 0.29) is 0 Å². The predicted octanol–water partition coefficient (Wildman–Crippen LogP) is 4.43. The number of hydrogen-bond acceptors (Lipinski definition) is 4. The van der Waals surface area contributed by atoms with Gasteiger partial charge in [0.15, 0.2) is 11.6 Å². The van der Waals surface area contributed by atoms with Crippen molar-refractivity contribution in [2.45, 2.75) is 17.8 Å². The third-order valence-electron chi connectivity index (χ3n) is 3.13. The number of aromatic amines is 1. The summed E-state index contributed by atoms with van der Waals surface area (Å²) in [5.74, 6) is -0.707. The summed E-state index contributed by atoms with van der Waals surface area (Å²) in [6.45, 7) is 2.02. The summed E-state index contributed by atoms with van der Waals surface area (Å²) >= 11 is 1.34. The van der Waals surface area contributed by atoms with Crippen LogP contribution in [0.15, 0.2) is 47.6 Å². The largest absolute Gasteiger partial charge is 0.325 e. The van der Waals surface area contributed by atoms with E-state index in [4.69, 9.17) is 0 Å². The summed E-state index contributed by atoms with van der Waals surface area (Å²) in [6.07, 6.45) is 0. The number of aryl methyl sites for hydroxylation is 1. The Labute approximate surface area is 136 Å². The van der Waals surface area contributed by atoms with Crippen molar-refractivity contribution in [3.63, 3.8) is 0 Å². The van der Waals surface area contributed by atoms with Gasteiger partial charge in [0.25, 0.3) is 0 Å². The normalized spacial score (nSPS) is 10.7. The van der Waals surface area contributed by atoms with Gasteiger partial charge in [-0.2, -0.15) is 4.98 Å². The quantitative estimate of drug-likeness (QED) is 0.679. The zero-order chi connectivity index (χ0) is 16.2. The van der Waals surface area contributed by atoms with Crippen LogP contribution in [-0.2, 0) is 5.75 Å². The van der Waals surface area contributed by atoms with Crippen molar-refractivity contribution in [3.8, 4) is 0 Å². The van der Waals surface area contributed by atoms with Gasteiger partial charge in [0.05, 0.1) is 0 Å². The highest BCUT2D eigenvalue weighted by molar-refractivity contribution is 7.98. The number of benzene rings is 2. The number of H-pyrrole nitrogens is 1. The molecule has 3 rings (SSSR count). The molecule has 0 aliphatic rings. The Bertz CT molecular complexity index is 802. The van der Waals surface area contributed by atoms with Gasteiger partial charge >= 0.3 is 0 Å². The second-order valence-corrected chi connectivity index (χ2v) is 5.94. The molecule has 1 heterocycles. The van der Waals surface area contributed by atoms with Crippen molar-refractivity contribution in [3.05, 3.63) is 65.2 Å². The maximum Gasteiger partial charge on any atom is 0.223 e. The molecule has 0 saturated heterocycles. The Balaban J connectivity index is 1.60. The van der Waals surface area contributed by atoms with Crippen LogP contribution in [0.5, 0.6) is 0 Å². The molecule has 0 amide bonds. The monoisotopic (exact) mass is 332 g/mol. The van der Waals surface area contributed by atoms with Crippen LogP contribution < -0.4 is 5.32 Å². The zero-order valence-electron chi connectivity index (χ0n) is 12.3. The van der Waals surface area contributed by atoms with Gasteiger partial charge in [0.2, 0.25) is 11.1 Å². The maximum atomic E-state index is 13.1. The molecule has 0 atom stereocenters. The second-order valence-electron chi connectivity index (χ2n) is 4.99. The molecule has 0 fully saturated rings. The fourth-order valence-corrected chi connectivity index (χ4v) is 2.66. The van der Waals surface area contributed by atoms with Crippen molar-refractivity contribution in [1.82, 2.24) is 15.2 Å². The number of rotatable bonds is 5. The van der Waals surface area contributed by atoms with E-state index in [1.807, 2.05) is 31.2 Å². The van der Waals surface area contributed by atoms with E-state index in [1.54, 1.807) is 6.07 Å². The number of nitrogens with one attached hydrogen (secondary N) is 2. The first kappa shape index (κ1) is 15.5. The highest BCUT2D eigenvalue weighted by Gasteiger charge is 2.07. The molecule has 0 aliphatic heterocycles. The molecule has 1 aromatic heterocycles. The van der Waals surface area contributed by atoms with Crippen molar-refractivity contribution in [1.29, 1.82) is 0 Å². The zero-order valence-corrected chi connectivity index (χ0v) is 13.1. The highest BCUT2D eigenvalue weighted by atomic mass is 32.2. The van der Waals surface area contributed by atoms with E-state index in [9.17, 15) is 8.78 Å². The van der Waals surface area contributed by atoms with Gasteiger partial charge in [0, 0.05) is 11.4 Å². The molecule has 0 spiro atoms. The van der Waals surface area contributed by atoms with Gasteiger partial charge in [-0.15, -0.1) is 5.10 Å². The minimum Gasteiger partial charge on any atom is -0.325 e. The minimum absolute atomic E-state index is 0.457. The van der Waals surface area contributed by atoms with Gasteiger partial charge in [-0.1, -0.05) is 35.5 Å². The average Bonchev–Trinajstić information content (AvgIpc) is 2.98. The molecule has 0 unspecified atom stereocenters. The van der Waals surface area contributed by atoms with Crippen molar-refractivity contribution in [2.75, 3.05) is 5.32 Å². The third kappa shape index (κ3) is 4.07. The predicted molar refractivity (Wildman–Crippen MR) is 86.8 cm³/mol. The van der Waals surface area contributed by atoms with Crippen LogP contribution in [0.25, 0.3) is 0 Å². The van der Waals surface area contributed by atoms with E-state index in [1.165, 1.54) is 23.4 Å². The first-order valence-electron chi connectivity index (χ1n) is 6.93. The van der Waals surface area contributed by atoms with Crippen LogP contribution >= 0.6 is 11.8 Å². The summed E-state index contributed by atoms with van der Waals surface area (Å²) in [5, 5.41) is 10.5. The molecular formula is C16H14F2N4S. The van der Waals surface area contributed by atoms with Crippen LogP contribution in [0.1, 0.15) is 11.1 Å². The molecular weight excluding hydrogens is 318 g/mol. The summed E-state index contributed by atoms with van der Waals surface area (Å²) in [5.41, 5.74) is 2.76. The third-order valence-corrected chi connectivity index (χ3v) is 4.05. The van der Waals surface area contributed by atoms with Gasteiger partial charge in [-0.05, 0) is 36.8 Å². The van der Waals surface area contributed by atoms with E-state index < -0.39 is 11.6 Å². The number of thioether (sulfide) groups is 1. The van der Waals surface area contributed by atoms with E-state index in [0.717, 1.165) is 11.8 Å². The lowest BCUT2D eigenvalue weighted by Crippen LogP contribution is -1.92. The topological polar surface area (TPSA) is 53.6 Å². The average molecular weight is 332 g/mol. The van der Waals surface area contributed by atoms with Gasteiger partial charge in [-0.25, -0.2) is 13.9 Å². The van der Waals surface area contributed by atoms with Crippen LogP contribution in [0.2, 0.25) is 0 Å². The Morgan fingerprint density at radius 3 is 2.61 bits per heavy atom. The fourth-order valence-electron chi connectivity index (χ4n) is 1.92. The summed E-state index contributed by atoms with van der Waals surface area (Å²) in [7, 11) is 0. The molecule has 2 N–H and O–H groups in total. The lowest BCUT2D eigenvalue weighted by atomic mass is 10.2. The maximum absolute atomic E-state index is 13.1. The van der Waals surface area contributed by atoms with Crippen LogP contribution in [-0.4, -0.2) is 15.2 Å². The Hall–Kier alpha value is -2.41. The summed E-state index contributed by atoms with van der Waals surface area (Å²) in [6, 6.07) is 11.7. The van der Waals surface area contributed by atoms with Gasteiger partial charge in [0.1, 0.15) is 0 Å². The number of halogens is 2. The van der Waals surface area contributed by atoms with E-state index in [0.29, 0.717) is 22.4 Å². The molecule has 3 aromatic rings. The Morgan fingerprint density at radius 1 is 1.09 bits per heavy atom. The van der Waals surface area contributed by atoms with E-state index >= 15 is 0 Å². The number of anilines is 2. The molecule has 0 saturated carbocycles. The number of hydrogen-bond donors (Lipinski definition) is 2. The van der Waals surface area contributed by atoms with Crippen LogP contribution in [0, 0.1) is 18.6 Å². The van der Waals surface area contributed by atoms with Crippen molar-refractivity contribution < 1.29 is 8.78 Å². The van der Waals surface area contributed by atoms with Gasteiger partial charge < -0.3 is 5.32 Å². The molecule has 4 nitrogen and oxygen atoms in total. The molecule has 0 aliphatic carbocycles. The Morgan fingerprint density at radius 2 is 1.87 bits per heavy atom. The van der Waals surface area contributed by atoms with Gasteiger partial charge in [-0.3, -0.25) is 0 Å². The lowest BCUT2D eigenvalue weighted by Gasteiger charge is -2.02. The highest BCUT2D eigenvalue weighted by Crippen LogP contribution is 2.22. The smallest absolute Gasteiger partial charge is 0.223 e. The van der Waals surface area contributed by atoms with E-state index in [2.05, 4.69) is 20.5 Å². The number of nitrogens with zero attached hydrogens (tertiary/aromatic N) is 2.